The van der Waals surface area contributed by atoms with Gasteiger partial charge in [0.15, 0.2) is 11.6 Å². The van der Waals surface area contributed by atoms with Crippen LogP contribution >= 0.6 is 0 Å². The first kappa shape index (κ1) is 21.8. The highest BCUT2D eigenvalue weighted by Gasteiger charge is 2.24. The van der Waals surface area contributed by atoms with Crippen molar-refractivity contribution < 1.29 is 22.6 Å². The zero-order valence-electron chi connectivity index (χ0n) is 17.1. The lowest BCUT2D eigenvalue weighted by molar-refractivity contribution is -0.0261. The van der Waals surface area contributed by atoms with Crippen LogP contribution in [-0.4, -0.2) is 19.8 Å². The van der Waals surface area contributed by atoms with Gasteiger partial charge in [0.2, 0.25) is 0 Å². The van der Waals surface area contributed by atoms with E-state index in [-0.39, 0.29) is 17.2 Å². The van der Waals surface area contributed by atoms with Crippen molar-refractivity contribution in [3.05, 3.63) is 58.9 Å². The molecule has 158 valence electrons. The van der Waals surface area contributed by atoms with Gasteiger partial charge in [-0.05, 0) is 55.7 Å². The largest absolute Gasteiger partial charge is 0.382 e. The van der Waals surface area contributed by atoms with Gasteiger partial charge in [0, 0.05) is 24.3 Å². The van der Waals surface area contributed by atoms with Gasteiger partial charge in [-0.25, -0.2) is 13.2 Å². The van der Waals surface area contributed by atoms with Crippen LogP contribution in [0.3, 0.4) is 0 Å². The Morgan fingerprint density at radius 3 is 2.45 bits per heavy atom. The van der Waals surface area contributed by atoms with Crippen molar-refractivity contribution >= 4 is 0 Å². The number of benzene rings is 2. The third kappa shape index (κ3) is 5.20. The summed E-state index contributed by atoms with van der Waals surface area (Å²) in [5.74, 6) is -1.98. The minimum absolute atomic E-state index is 0.0491. The molecule has 1 aliphatic rings. The Balaban J connectivity index is 1.71. The number of halogens is 3. The summed E-state index contributed by atoms with van der Waals surface area (Å²) < 4.78 is 54.9. The number of aryl methyl sites for hydroxylation is 1. The van der Waals surface area contributed by atoms with Crippen LogP contribution in [0.15, 0.2) is 30.3 Å². The van der Waals surface area contributed by atoms with E-state index < -0.39 is 17.5 Å². The summed E-state index contributed by atoms with van der Waals surface area (Å²) in [7, 11) is 0. The van der Waals surface area contributed by atoms with E-state index in [0.29, 0.717) is 37.5 Å². The molecule has 5 heteroatoms. The predicted octanol–water partition coefficient (Wildman–Crippen LogP) is 6.62. The first-order chi connectivity index (χ1) is 14.0. The Hall–Kier alpha value is -1.85. The summed E-state index contributed by atoms with van der Waals surface area (Å²) in [6, 6.07) is 7.66. The molecule has 0 N–H and O–H groups in total. The van der Waals surface area contributed by atoms with Crippen LogP contribution in [0.5, 0.6) is 0 Å². The Morgan fingerprint density at radius 1 is 1.00 bits per heavy atom. The third-order valence-electron chi connectivity index (χ3n) is 5.58. The minimum Gasteiger partial charge on any atom is -0.382 e. The standard InChI is InChI=1S/C24H29F3O2/c1-3-5-17-7-10-20(24(27)23(17)26)19-9-8-18(14-21(19)25)22-11-6-16(15-29-22)12-13-28-4-2/h7-10,14,16,22H,3-6,11-13,15H2,1-2H3. The molecule has 2 aromatic carbocycles. The van der Waals surface area contributed by atoms with Crippen LogP contribution in [0, 0.1) is 23.4 Å². The van der Waals surface area contributed by atoms with Crippen molar-refractivity contribution in [2.24, 2.45) is 5.92 Å². The fourth-order valence-electron chi connectivity index (χ4n) is 3.90. The van der Waals surface area contributed by atoms with Crippen LogP contribution < -0.4 is 0 Å². The average molecular weight is 406 g/mol. The number of hydrogen-bond acceptors (Lipinski definition) is 2. The molecule has 0 aromatic heterocycles. The number of rotatable bonds is 8. The molecule has 2 nitrogen and oxygen atoms in total. The van der Waals surface area contributed by atoms with Crippen molar-refractivity contribution in [3.63, 3.8) is 0 Å². The van der Waals surface area contributed by atoms with Crippen molar-refractivity contribution in [1.82, 2.24) is 0 Å². The molecule has 29 heavy (non-hydrogen) atoms. The van der Waals surface area contributed by atoms with Crippen LogP contribution in [0.1, 0.15) is 56.8 Å². The first-order valence-corrected chi connectivity index (χ1v) is 10.5. The monoisotopic (exact) mass is 406 g/mol. The second kappa shape index (κ2) is 10.3. The van der Waals surface area contributed by atoms with E-state index in [1.54, 1.807) is 6.07 Å². The van der Waals surface area contributed by atoms with Gasteiger partial charge in [-0.2, -0.15) is 0 Å². The molecule has 1 fully saturated rings. The topological polar surface area (TPSA) is 18.5 Å². The van der Waals surface area contributed by atoms with E-state index in [0.717, 1.165) is 31.4 Å². The average Bonchev–Trinajstić information content (AvgIpc) is 2.73. The normalized spacial score (nSPS) is 19.5. The molecule has 1 aliphatic heterocycles. The molecule has 2 atom stereocenters. The van der Waals surface area contributed by atoms with Crippen LogP contribution in [0.4, 0.5) is 13.2 Å². The van der Waals surface area contributed by atoms with Crippen molar-refractivity contribution in [2.45, 2.75) is 52.1 Å². The van der Waals surface area contributed by atoms with Crippen molar-refractivity contribution in [1.29, 1.82) is 0 Å². The fourth-order valence-corrected chi connectivity index (χ4v) is 3.90. The van der Waals surface area contributed by atoms with Gasteiger partial charge in [-0.3, -0.25) is 0 Å². The summed E-state index contributed by atoms with van der Waals surface area (Å²) in [6.45, 7) is 5.95. The molecule has 0 saturated carbocycles. The van der Waals surface area contributed by atoms with Gasteiger partial charge in [0.1, 0.15) is 5.82 Å². The van der Waals surface area contributed by atoms with Crippen molar-refractivity contribution in [2.75, 3.05) is 19.8 Å². The van der Waals surface area contributed by atoms with Gasteiger partial charge >= 0.3 is 0 Å². The molecule has 0 bridgehead atoms. The van der Waals surface area contributed by atoms with E-state index in [4.69, 9.17) is 9.47 Å². The molecule has 1 heterocycles. The number of ether oxygens (including phenoxy) is 2. The van der Waals surface area contributed by atoms with Crippen LogP contribution in [0.2, 0.25) is 0 Å². The second-order valence-corrected chi connectivity index (χ2v) is 7.64. The SMILES string of the molecule is CCCc1ccc(-c2ccc(C3CCC(CCOCC)CO3)cc2F)c(F)c1F. The van der Waals surface area contributed by atoms with E-state index in [1.165, 1.54) is 24.3 Å². The Kier molecular flexibility index (Phi) is 7.73. The molecule has 0 aliphatic carbocycles. The summed E-state index contributed by atoms with van der Waals surface area (Å²) in [5, 5.41) is 0. The van der Waals surface area contributed by atoms with Crippen molar-refractivity contribution in [3.8, 4) is 11.1 Å². The molecule has 0 spiro atoms. The molecule has 3 rings (SSSR count). The third-order valence-corrected chi connectivity index (χ3v) is 5.58. The Morgan fingerprint density at radius 2 is 1.79 bits per heavy atom. The van der Waals surface area contributed by atoms with Gasteiger partial charge in [-0.15, -0.1) is 0 Å². The maximum Gasteiger partial charge on any atom is 0.167 e. The molecule has 0 radical (unpaired) electrons. The quantitative estimate of drug-likeness (QED) is 0.459. The first-order valence-electron chi connectivity index (χ1n) is 10.5. The van der Waals surface area contributed by atoms with E-state index in [9.17, 15) is 13.2 Å². The lowest BCUT2D eigenvalue weighted by atomic mass is 9.91. The number of hydrogen-bond donors (Lipinski definition) is 0. The molecular weight excluding hydrogens is 377 g/mol. The summed E-state index contributed by atoms with van der Waals surface area (Å²) >= 11 is 0. The Labute approximate surface area is 171 Å². The summed E-state index contributed by atoms with van der Waals surface area (Å²) in [4.78, 5) is 0. The highest BCUT2D eigenvalue weighted by molar-refractivity contribution is 5.66. The maximum atomic E-state index is 14.8. The molecule has 1 saturated heterocycles. The van der Waals surface area contributed by atoms with E-state index in [2.05, 4.69) is 0 Å². The maximum absolute atomic E-state index is 14.8. The summed E-state index contributed by atoms with van der Waals surface area (Å²) in [5.41, 5.74) is 1.07. The molecular formula is C24H29F3O2. The van der Waals surface area contributed by atoms with Crippen LogP contribution in [-0.2, 0) is 15.9 Å². The second-order valence-electron chi connectivity index (χ2n) is 7.64. The highest BCUT2D eigenvalue weighted by atomic mass is 19.2. The molecule has 0 amide bonds. The lowest BCUT2D eigenvalue weighted by Gasteiger charge is -2.29. The highest BCUT2D eigenvalue weighted by Crippen LogP contribution is 2.35. The fraction of sp³-hybridized carbons (Fsp3) is 0.500. The van der Waals surface area contributed by atoms with E-state index >= 15 is 0 Å². The molecule has 2 aromatic rings. The smallest absolute Gasteiger partial charge is 0.167 e. The zero-order valence-corrected chi connectivity index (χ0v) is 17.1. The van der Waals surface area contributed by atoms with Crippen LogP contribution in [0.25, 0.3) is 11.1 Å². The van der Waals surface area contributed by atoms with Gasteiger partial charge in [-0.1, -0.05) is 37.6 Å². The van der Waals surface area contributed by atoms with Gasteiger partial charge < -0.3 is 9.47 Å². The lowest BCUT2D eigenvalue weighted by Crippen LogP contribution is -2.22. The zero-order chi connectivity index (χ0) is 20.8. The Bertz CT molecular complexity index is 814. The minimum atomic E-state index is -0.992. The van der Waals surface area contributed by atoms with E-state index in [1.807, 2.05) is 13.8 Å². The molecule has 2 unspecified atom stereocenters. The predicted molar refractivity (Wildman–Crippen MR) is 108 cm³/mol. The van der Waals surface area contributed by atoms with Gasteiger partial charge in [0.25, 0.3) is 0 Å². The van der Waals surface area contributed by atoms with Gasteiger partial charge in [0.05, 0.1) is 12.7 Å². The summed E-state index contributed by atoms with van der Waals surface area (Å²) in [6.07, 6.45) is 3.77.